The smallest absolute Gasteiger partial charge is 0.232 e. The van der Waals surface area contributed by atoms with Gasteiger partial charge in [0.25, 0.3) is 0 Å². The van der Waals surface area contributed by atoms with Crippen LogP contribution in [0.4, 0.5) is 11.4 Å². The van der Waals surface area contributed by atoms with Gasteiger partial charge in [-0.2, -0.15) is 0 Å². The van der Waals surface area contributed by atoms with Crippen molar-refractivity contribution >= 4 is 17.3 Å². The van der Waals surface area contributed by atoms with E-state index in [1.807, 2.05) is 17.0 Å². The standard InChI is InChI=1S/C16H22N2O/c1-16(9-3-2-4-10-16)15(19)18-11-8-12-6-5-7-13(17)14(12)18/h5-7H,2-4,8-11,17H2,1H3. The van der Waals surface area contributed by atoms with Gasteiger partial charge in [-0.15, -0.1) is 0 Å². The zero-order valence-electron chi connectivity index (χ0n) is 11.6. The van der Waals surface area contributed by atoms with Crippen LogP contribution in [0.15, 0.2) is 18.2 Å². The van der Waals surface area contributed by atoms with Gasteiger partial charge in [0.05, 0.1) is 11.4 Å². The molecule has 1 saturated carbocycles. The first-order valence-corrected chi connectivity index (χ1v) is 7.31. The molecule has 102 valence electrons. The molecule has 19 heavy (non-hydrogen) atoms. The average Bonchev–Trinajstić information content (AvgIpc) is 2.84. The quantitative estimate of drug-likeness (QED) is 0.787. The molecule has 0 unspecified atom stereocenters. The van der Waals surface area contributed by atoms with E-state index in [2.05, 4.69) is 13.0 Å². The van der Waals surface area contributed by atoms with Gasteiger partial charge >= 0.3 is 0 Å². The van der Waals surface area contributed by atoms with Crippen molar-refractivity contribution in [2.24, 2.45) is 5.41 Å². The molecule has 1 amide bonds. The van der Waals surface area contributed by atoms with Crippen molar-refractivity contribution in [3.8, 4) is 0 Å². The highest BCUT2D eigenvalue weighted by molar-refractivity contribution is 6.01. The van der Waals surface area contributed by atoms with Crippen LogP contribution in [0.5, 0.6) is 0 Å². The molecule has 1 aliphatic heterocycles. The first-order valence-electron chi connectivity index (χ1n) is 7.31. The van der Waals surface area contributed by atoms with E-state index in [1.54, 1.807) is 0 Å². The second kappa shape index (κ2) is 4.55. The lowest BCUT2D eigenvalue weighted by molar-refractivity contribution is -0.128. The van der Waals surface area contributed by atoms with Crippen molar-refractivity contribution in [3.05, 3.63) is 23.8 Å². The van der Waals surface area contributed by atoms with Gasteiger partial charge in [-0.25, -0.2) is 0 Å². The minimum Gasteiger partial charge on any atom is -0.397 e. The van der Waals surface area contributed by atoms with E-state index >= 15 is 0 Å². The summed E-state index contributed by atoms with van der Waals surface area (Å²) in [5.41, 5.74) is 8.83. The van der Waals surface area contributed by atoms with Crippen LogP contribution in [0.2, 0.25) is 0 Å². The molecule has 2 N–H and O–H groups in total. The second-order valence-corrected chi connectivity index (χ2v) is 6.18. The number of hydrogen-bond acceptors (Lipinski definition) is 2. The highest BCUT2D eigenvalue weighted by Crippen LogP contribution is 2.42. The second-order valence-electron chi connectivity index (χ2n) is 6.18. The lowest BCUT2D eigenvalue weighted by Gasteiger charge is -2.36. The third-order valence-electron chi connectivity index (χ3n) is 4.74. The predicted octanol–water partition coefficient (Wildman–Crippen LogP) is 3.13. The van der Waals surface area contributed by atoms with Gasteiger partial charge in [-0.1, -0.05) is 38.3 Å². The number of carbonyl (C=O) groups is 1. The van der Waals surface area contributed by atoms with Crippen molar-refractivity contribution in [1.82, 2.24) is 0 Å². The van der Waals surface area contributed by atoms with Crippen molar-refractivity contribution < 1.29 is 4.79 Å². The van der Waals surface area contributed by atoms with E-state index in [1.165, 1.54) is 24.8 Å². The summed E-state index contributed by atoms with van der Waals surface area (Å²) in [6, 6.07) is 5.96. The molecule has 2 aliphatic rings. The number of amides is 1. The molecule has 0 radical (unpaired) electrons. The van der Waals surface area contributed by atoms with Crippen LogP contribution in [0.3, 0.4) is 0 Å². The number of nitrogens with zero attached hydrogens (tertiary/aromatic N) is 1. The van der Waals surface area contributed by atoms with E-state index in [9.17, 15) is 4.79 Å². The molecule has 0 atom stereocenters. The molecule has 0 bridgehead atoms. The molecule has 3 nitrogen and oxygen atoms in total. The largest absolute Gasteiger partial charge is 0.397 e. The maximum atomic E-state index is 12.9. The number of anilines is 2. The molecule has 1 aliphatic carbocycles. The third kappa shape index (κ3) is 2.01. The van der Waals surface area contributed by atoms with E-state index in [0.717, 1.165) is 37.2 Å². The van der Waals surface area contributed by atoms with Crippen LogP contribution >= 0.6 is 0 Å². The van der Waals surface area contributed by atoms with Gasteiger partial charge in [-0.05, 0) is 30.9 Å². The predicted molar refractivity (Wildman–Crippen MR) is 78.1 cm³/mol. The van der Waals surface area contributed by atoms with Crippen molar-refractivity contribution in [2.75, 3.05) is 17.2 Å². The van der Waals surface area contributed by atoms with Crippen LogP contribution in [-0.2, 0) is 11.2 Å². The number of carbonyl (C=O) groups excluding carboxylic acids is 1. The Labute approximate surface area is 114 Å². The van der Waals surface area contributed by atoms with Gasteiger partial charge in [0.2, 0.25) is 5.91 Å². The molecular weight excluding hydrogens is 236 g/mol. The maximum absolute atomic E-state index is 12.9. The molecule has 0 saturated heterocycles. The average molecular weight is 258 g/mol. The van der Waals surface area contributed by atoms with Crippen LogP contribution in [0.1, 0.15) is 44.6 Å². The molecular formula is C16H22N2O. The third-order valence-corrected chi connectivity index (χ3v) is 4.74. The zero-order valence-corrected chi connectivity index (χ0v) is 11.6. The summed E-state index contributed by atoms with van der Waals surface area (Å²) in [5.74, 6) is 0.281. The fourth-order valence-electron chi connectivity index (χ4n) is 3.56. The Kier molecular flexibility index (Phi) is 3.00. The summed E-state index contributed by atoms with van der Waals surface area (Å²) in [7, 11) is 0. The monoisotopic (exact) mass is 258 g/mol. The van der Waals surface area contributed by atoms with Crippen molar-refractivity contribution in [1.29, 1.82) is 0 Å². The molecule has 1 aromatic carbocycles. The number of fused-ring (bicyclic) bond motifs is 1. The number of benzene rings is 1. The number of nitrogen functional groups attached to an aromatic ring is 1. The topological polar surface area (TPSA) is 46.3 Å². The Morgan fingerprint density at radius 3 is 2.74 bits per heavy atom. The summed E-state index contributed by atoms with van der Waals surface area (Å²) < 4.78 is 0. The Bertz CT molecular complexity index is 503. The number of para-hydroxylation sites is 1. The Morgan fingerprint density at radius 1 is 1.26 bits per heavy atom. The molecule has 1 fully saturated rings. The van der Waals surface area contributed by atoms with E-state index in [-0.39, 0.29) is 11.3 Å². The Hall–Kier alpha value is -1.51. The van der Waals surface area contributed by atoms with Crippen molar-refractivity contribution in [2.45, 2.75) is 45.4 Å². The molecule has 3 heteroatoms. The van der Waals surface area contributed by atoms with E-state index in [0.29, 0.717) is 0 Å². The number of rotatable bonds is 1. The summed E-state index contributed by atoms with van der Waals surface area (Å²) >= 11 is 0. The van der Waals surface area contributed by atoms with Crippen LogP contribution in [0.25, 0.3) is 0 Å². The highest BCUT2D eigenvalue weighted by atomic mass is 16.2. The fourth-order valence-corrected chi connectivity index (χ4v) is 3.56. The summed E-state index contributed by atoms with van der Waals surface area (Å²) in [4.78, 5) is 14.8. The molecule has 1 heterocycles. The van der Waals surface area contributed by atoms with Crippen LogP contribution in [0, 0.1) is 5.41 Å². The molecule has 1 aromatic rings. The first kappa shape index (κ1) is 12.5. The summed E-state index contributed by atoms with van der Waals surface area (Å²) in [6.45, 7) is 2.92. The van der Waals surface area contributed by atoms with Gasteiger partial charge in [0.15, 0.2) is 0 Å². The highest BCUT2D eigenvalue weighted by Gasteiger charge is 2.40. The molecule has 0 aromatic heterocycles. The normalized spacial score (nSPS) is 21.2. The Balaban J connectivity index is 1.91. The first-order chi connectivity index (χ1) is 9.12. The Morgan fingerprint density at radius 2 is 2.00 bits per heavy atom. The van der Waals surface area contributed by atoms with E-state index < -0.39 is 0 Å². The fraction of sp³-hybridized carbons (Fsp3) is 0.562. The maximum Gasteiger partial charge on any atom is 0.232 e. The van der Waals surface area contributed by atoms with Gasteiger partial charge in [0, 0.05) is 12.0 Å². The van der Waals surface area contributed by atoms with Gasteiger partial charge < -0.3 is 10.6 Å². The van der Waals surface area contributed by atoms with Gasteiger partial charge in [-0.3, -0.25) is 4.79 Å². The summed E-state index contributed by atoms with van der Waals surface area (Å²) in [6.07, 6.45) is 6.58. The lowest BCUT2D eigenvalue weighted by Crippen LogP contribution is -2.43. The minimum absolute atomic E-state index is 0.178. The van der Waals surface area contributed by atoms with Crippen LogP contribution < -0.4 is 10.6 Å². The summed E-state index contributed by atoms with van der Waals surface area (Å²) in [5, 5.41) is 0. The molecule has 3 rings (SSSR count). The zero-order chi connectivity index (χ0) is 13.5. The van der Waals surface area contributed by atoms with Gasteiger partial charge in [0.1, 0.15) is 0 Å². The molecule has 0 spiro atoms. The SMILES string of the molecule is CC1(C(=O)N2CCc3cccc(N)c32)CCCCC1. The lowest BCUT2D eigenvalue weighted by atomic mass is 9.74. The van der Waals surface area contributed by atoms with Crippen LogP contribution in [-0.4, -0.2) is 12.5 Å². The number of hydrogen-bond donors (Lipinski definition) is 1. The van der Waals surface area contributed by atoms with E-state index in [4.69, 9.17) is 5.73 Å². The van der Waals surface area contributed by atoms with Crippen molar-refractivity contribution in [3.63, 3.8) is 0 Å². The minimum atomic E-state index is -0.178. The number of nitrogens with two attached hydrogens (primary N) is 1.